The van der Waals surface area contributed by atoms with Gasteiger partial charge in [-0.1, -0.05) is 19.8 Å². The summed E-state index contributed by atoms with van der Waals surface area (Å²) < 4.78 is 139. The van der Waals surface area contributed by atoms with Crippen LogP contribution < -0.4 is 0 Å². The molecule has 2 aliphatic carbocycles. The number of hydrogen-bond acceptors (Lipinski definition) is 3. The van der Waals surface area contributed by atoms with Crippen molar-refractivity contribution in [3.63, 3.8) is 0 Å². The minimum absolute atomic E-state index is 0.178. The molecule has 0 saturated heterocycles. The monoisotopic (exact) mass is 462 g/mol. The topological polar surface area (TPSA) is 63.6 Å². The van der Waals surface area contributed by atoms with Crippen LogP contribution in [0.5, 0.6) is 0 Å². The zero-order valence-electron chi connectivity index (χ0n) is 15.4. The van der Waals surface area contributed by atoms with Gasteiger partial charge in [-0.2, -0.15) is 43.5 Å². The predicted octanol–water partition coefficient (Wildman–Crippen LogP) is 5.69. The van der Waals surface area contributed by atoms with E-state index in [9.17, 15) is 43.5 Å². The van der Waals surface area contributed by atoms with E-state index >= 15 is 0 Å². The Morgan fingerprint density at radius 2 is 1.62 bits per heavy atom. The molecule has 0 aromatic carbocycles. The number of rotatable bonds is 8. The molecule has 2 aliphatic rings. The smallest absolute Gasteiger partial charge is 0.281 e. The first-order chi connectivity index (χ1) is 12.8. The minimum Gasteiger partial charge on any atom is -0.281 e. The third-order valence-electron chi connectivity index (χ3n) is 5.87. The molecule has 0 aromatic rings. The van der Waals surface area contributed by atoms with Crippen LogP contribution in [0.1, 0.15) is 58.3 Å². The molecular weight excluding hydrogens is 440 g/mol. The van der Waals surface area contributed by atoms with Gasteiger partial charge in [0, 0.05) is 6.42 Å². The van der Waals surface area contributed by atoms with Gasteiger partial charge in [-0.15, -0.1) is 0 Å². The fourth-order valence-electron chi connectivity index (χ4n) is 4.70. The van der Waals surface area contributed by atoms with Gasteiger partial charge in [-0.05, 0) is 49.4 Å². The van der Waals surface area contributed by atoms with E-state index in [1.54, 1.807) is 0 Å². The van der Waals surface area contributed by atoms with Crippen molar-refractivity contribution in [2.24, 2.45) is 17.3 Å². The largest absolute Gasteiger partial charge is 0.460 e. The molecule has 3 atom stereocenters. The van der Waals surface area contributed by atoms with Crippen LogP contribution in [-0.2, 0) is 14.9 Å². The zero-order chi connectivity index (χ0) is 22.5. The van der Waals surface area contributed by atoms with Gasteiger partial charge in [0.05, 0.1) is 0 Å². The van der Waals surface area contributed by atoms with E-state index in [1.165, 1.54) is 0 Å². The molecule has 2 saturated carbocycles. The van der Waals surface area contributed by atoms with E-state index in [2.05, 4.69) is 4.74 Å². The van der Waals surface area contributed by atoms with Crippen LogP contribution in [0.15, 0.2) is 0 Å². The maximum Gasteiger partial charge on any atom is 0.460 e. The first-order valence-corrected chi connectivity index (χ1v) is 10.5. The average molecular weight is 462 g/mol. The number of ether oxygens (including phenoxy) is 1. The van der Waals surface area contributed by atoms with E-state index in [1.807, 2.05) is 6.92 Å². The Morgan fingerprint density at radius 1 is 1.03 bits per heavy atom. The van der Waals surface area contributed by atoms with Crippen molar-refractivity contribution in [2.45, 2.75) is 81.7 Å². The second kappa shape index (κ2) is 7.47. The highest BCUT2D eigenvalue weighted by Crippen LogP contribution is 2.55. The average Bonchev–Trinajstić information content (AvgIpc) is 2.50. The van der Waals surface area contributed by atoms with Crippen molar-refractivity contribution in [1.29, 1.82) is 0 Å². The van der Waals surface area contributed by atoms with E-state index in [-0.39, 0.29) is 11.8 Å². The molecule has 0 heterocycles. The normalized spacial score (nSPS) is 29.7. The summed E-state index contributed by atoms with van der Waals surface area (Å²) in [6.45, 7) is 1.90. The lowest BCUT2D eigenvalue weighted by molar-refractivity contribution is -0.457. The van der Waals surface area contributed by atoms with Crippen LogP contribution in [0.2, 0.25) is 0 Å². The van der Waals surface area contributed by atoms with Gasteiger partial charge in [0.2, 0.25) is 0 Å². The molecule has 3 unspecified atom stereocenters. The van der Waals surface area contributed by atoms with E-state index in [4.69, 9.17) is 4.55 Å². The lowest BCUT2D eigenvalue weighted by Crippen LogP contribution is -2.56. The summed E-state index contributed by atoms with van der Waals surface area (Å²) >= 11 is 0. The molecule has 2 bridgehead atoms. The molecule has 0 spiro atoms. The summed E-state index contributed by atoms with van der Waals surface area (Å²) in [4.78, 5) is 0. The molecule has 0 radical (unpaired) electrons. The molecule has 0 aromatic heterocycles. The van der Waals surface area contributed by atoms with Crippen LogP contribution in [0.25, 0.3) is 0 Å². The van der Waals surface area contributed by atoms with Crippen molar-refractivity contribution in [3.05, 3.63) is 0 Å². The Hall–Kier alpha value is -0.690. The first kappa shape index (κ1) is 24.6. The molecule has 29 heavy (non-hydrogen) atoms. The fraction of sp³-hybridized carbons (Fsp3) is 1.00. The lowest BCUT2D eigenvalue weighted by atomic mass is 9.57. The Bertz CT molecular complexity index is 708. The van der Waals surface area contributed by atoms with E-state index in [0.29, 0.717) is 25.7 Å². The molecule has 0 aliphatic heterocycles. The number of alkyl halides is 8. The number of fused-ring (bicyclic) bond motifs is 2. The standard InChI is InChI=1S/C16H22F8O4S/c1-10-7-11-3-2-4-12(8-10,9-11)5-6-13(17,18)14(19,20)28-15(21,22)16(23,24)29(25,26)27/h10-11H,2-9H2,1H3,(H,25,26,27). The third kappa shape index (κ3) is 4.81. The molecule has 172 valence electrons. The zero-order valence-corrected chi connectivity index (χ0v) is 16.2. The summed E-state index contributed by atoms with van der Waals surface area (Å²) in [5.74, 6) is -4.83. The Labute approximate surface area is 162 Å². The Balaban J connectivity index is 2.14. The summed E-state index contributed by atoms with van der Waals surface area (Å²) in [6, 6.07) is 0. The molecular formula is C16H22F8O4S. The van der Waals surface area contributed by atoms with Crippen LogP contribution in [-0.4, -0.2) is 36.4 Å². The molecule has 2 rings (SSSR count). The lowest BCUT2D eigenvalue weighted by Gasteiger charge is -2.48. The second-order valence-corrected chi connectivity index (χ2v) is 9.80. The summed E-state index contributed by atoms with van der Waals surface area (Å²) in [7, 11) is -6.91. The SMILES string of the molecule is CC1CC2CCCC(CCC(F)(F)C(F)(F)OC(F)(F)C(F)(F)S(=O)(=O)O)(C1)C2. The van der Waals surface area contributed by atoms with Crippen LogP contribution in [0, 0.1) is 17.3 Å². The molecule has 4 nitrogen and oxygen atoms in total. The molecule has 1 N–H and O–H groups in total. The highest BCUT2D eigenvalue weighted by atomic mass is 32.2. The van der Waals surface area contributed by atoms with Gasteiger partial charge in [0.15, 0.2) is 0 Å². The Morgan fingerprint density at radius 3 is 2.17 bits per heavy atom. The van der Waals surface area contributed by atoms with Crippen LogP contribution >= 0.6 is 0 Å². The second-order valence-electron chi connectivity index (χ2n) is 8.34. The van der Waals surface area contributed by atoms with Gasteiger partial charge in [0.1, 0.15) is 0 Å². The number of hydrogen-bond donors (Lipinski definition) is 1. The maximum atomic E-state index is 14.0. The van der Waals surface area contributed by atoms with Crippen molar-refractivity contribution in [3.8, 4) is 0 Å². The highest BCUT2D eigenvalue weighted by molar-refractivity contribution is 7.86. The van der Waals surface area contributed by atoms with Crippen molar-refractivity contribution >= 4 is 10.1 Å². The van der Waals surface area contributed by atoms with E-state index in [0.717, 1.165) is 12.8 Å². The predicted molar refractivity (Wildman–Crippen MR) is 84.4 cm³/mol. The number of halogens is 8. The minimum atomic E-state index is -6.91. The first-order valence-electron chi connectivity index (χ1n) is 9.03. The maximum absolute atomic E-state index is 14.0. The van der Waals surface area contributed by atoms with Crippen molar-refractivity contribution < 1.29 is 52.8 Å². The van der Waals surface area contributed by atoms with Gasteiger partial charge < -0.3 is 0 Å². The van der Waals surface area contributed by atoms with Gasteiger partial charge in [-0.3, -0.25) is 4.55 Å². The summed E-state index contributed by atoms with van der Waals surface area (Å²) in [6.07, 6.45) is -10.7. The summed E-state index contributed by atoms with van der Waals surface area (Å²) in [5.41, 5.74) is -0.666. The van der Waals surface area contributed by atoms with Gasteiger partial charge in [0.25, 0.3) is 0 Å². The molecule has 2 fully saturated rings. The molecule has 13 heteroatoms. The molecule has 0 amide bonds. The van der Waals surface area contributed by atoms with Gasteiger partial charge in [-0.25, -0.2) is 4.74 Å². The van der Waals surface area contributed by atoms with Crippen LogP contribution in [0.4, 0.5) is 35.1 Å². The van der Waals surface area contributed by atoms with E-state index < -0.39 is 51.8 Å². The summed E-state index contributed by atoms with van der Waals surface area (Å²) in [5, 5.41) is -6.55. The third-order valence-corrected chi connectivity index (χ3v) is 6.76. The van der Waals surface area contributed by atoms with Crippen molar-refractivity contribution in [1.82, 2.24) is 0 Å². The van der Waals surface area contributed by atoms with Gasteiger partial charge >= 0.3 is 33.5 Å². The fourth-order valence-corrected chi connectivity index (χ4v) is 5.04. The Kier molecular flexibility index (Phi) is 6.33. The quantitative estimate of drug-likeness (QED) is 0.372. The van der Waals surface area contributed by atoms with Crippen LogP contribution in [0.3, 0.4) is 0 Å². The van der Waals surface area contributed by atoms with Crippen molar-refractivity contribution in [2.75, 3.05) is 0 Å². The highest BCUT2D eigenvalue weighted by Gasteiger charge is 2.73.